The van der Waals surface area contributed by atoms with Crippen molar-refractivity contribution in [1.82, 2.24) is 15.8 Å². The first-order valence-corrected chi connectivity index (χ1v) is 10.3. The fourth-order valence-corrected chi connectivity index (χ4v) is 4.84. The topological polar surface area (TPSA) is 78.5 Å². The summed E-state index contributed by atoms with van der Waals surface area (Å²) in [5.74, 6) is -0.521. The molecule has 2 aliphatic rings. The van der Waals surface area contributed by atoms with Crippen molar-refractivity contribution >= 4 is 29.1 Å². The van der Waals surface area contributed by atoms with Gasteiger partial charge in [-0.05, 0) is 50.2 Å². The molecule has 26 heavy (non-hydrogen) atoms. The van der Waals surface area contributed by atoms with Gasteiger partial charge in [0.2, 0.25) is 11.8 Å². The molecule has 1 aliphatic carbocycles. The second-order valence-corrected chi connectivity index (χ2v) is 8.33. The van der Waals surface area contributed by atoms with Crippen LogP contribution in [0.3, 0.4) is 0 Å². The van der Waals surface area contributed by atoms with E-state index in [1.807, 2.05) is 6.07 Å². The first-order chi connectivity index (χ1) is 12.5. The molecule has 6 nitrogen and oxygen atoms in total. The zero-order valence-electron chi connectivity index (χ0n) is 15.3. The lowest BCUT2D eigenvalue weighted by Crippen LogP contribution is -2.47. The maximum Gasteiger partial charge on any atom is 0.279 e. The third-order valence-electron chi connectivity index (χ3n) is 5.33. The van der Waals surface area contributed by atoms with Crippen LogP contribution < -0.4 is 10.9 Å². The number of amides is 3. The number of aryl methyl sites for hydroxylation is 2. The van der Waals surface area contributed by atoms with Gasteiger partial charge in [-0.2, -0.15) is 0 Å². The van der Waals surface area contributed by atoms with E-state index in [1.165, 1.54) is 36.1 Å². The predicted molar refractivity (Wildman–Crippen MR) is 101 cm³/mol. The van der Waals surface area contributed by atoms with Crippen LogP contribution in [0.4, 0.5) is 0 Å². The molecule has 1 aromatic heterocycles. The molecular weight excluding hydrogens is 350 g/mol. The Kier molecular flexibility index (Phi) is 6.29. The molecule has 3 amide bonds. The Morgan fingerprint density at radius 3 is 2.42 bits per heavy atom. The summed E-state index contributed by atoms with van der Waals surface area (Å²) in [6.45, 7) is 2.74. The van der Waals surface area contributed by atoms with E-state index in [2.05, 4.69) is 10.9 Å². The number of nitrogens with one attached hydrogen (secondary N) is 2. The summed E-state index contributed by atoms with van der Waals surface area (Å²) in [5, 5.41) is 0. The molecule has 2 N–H and O–H groups in total. The van der Waals surface area contributed by atoms with Crippen LogP contribution in [-0.4, -0.2) is 35.7 Å². The number of likely N-dealkylation sites (tertiary alicyclic amines) is 1. The van der Waals surface area contributed by atoms with Gasteiger partial charge in [-0.1, -0.05) is 12.8 Å². The summed E-state index contributed by atoms with van der Waals surface area (Å²) in [7, 11) is 0. The number of thiophene rings is 1. The number of hydrogen-bond donors (Lipinski definition) is 2. The molecule has 7 heteroatoms. The van der Waals surface area contributed by atoms with Crippen LogP contribution in [0.2, 0.25) is 0 Å². The second kappa shape index (κ2) is 8.66. The molecule has 0 spiro atoms. The minimum Gasteiger partial charge on any atom is -0.343 e. The van der Waals surface area contributed by atoms with Crippen molar-refractivity contribution in [3.63, 3.8) is 0 Å². The molecule has 0 aromatic carbocycles. The van der Waals surface area contributed by atoms with Crippen molar-refractivity contribution in [1.29, 1.82) is 0 Å². The lowest BCUT2D eigenvalue weighted by molar-refractivity contribution is -0.134. The molecule has 3 rings (SSSR count). The van der Waals surface area contributed by atoms with Crippen molar-refractivity contribution in [3.8, 4) is 0 Å². The van der Waals surface area contributed by atoms with Crippen LogP contribution in [0.1, 0.15) is 65.6 Å². The van der Waals surface area contributed by atoms with E-state index in [-0.39, 0.29) is 23.6 Å². The molecule has 1 fully saturated rings. The summed E-state index contributed by atoms with van der Waals surface area (Å²) in [4.78, 5) is 39.7. The lowest BCUT2D eigenvalue weighted by atomic mass is 9.96. The van der Waals surface area contributed by atoms with E-state index in [1.54, 1.807) is 23.2 Å². The second-order valence-electron chi connectivity index (χ2n) is 7.20. The Labute approximate surface area is 158 Å². The molecule has 0 radical (unpaired) electrons. The summed E-state index contributed by atoms with van der Waals surface area (Å²) in [6, 6.07) is 1.98. The minimum atomic E-state index is -0.240. The zero-order valence-corrected chi connectivity index (χ0v) is 16.1. The van der Waals surface area contributed by atoms with Crippen LogP contribution in [0.5, 0.6) is 0 Å². The molecule has 1 aromatic rings. The monoisotopic (exact) mass is 377 g/mol. The van der Waals surface area contributed by atoms with Gasteiger partial charge in [0.25, 0.3) is 5.91 Å². The highest BCUT2D eigenvalue weighted by Gasteiger charge is 2.26. The fraction of sp³-hybridized carbons (Fsp3) is 0.632. The third kappa shape index (κ3) is 4.63. The molecule has 1 aliphatic heterocycles. The van der Waals surface area contributed by atoms with Crippen molar-refractivity contribution in [2.24, 2.45) is 5.92 Å². The average Bonchev–Trinajstić information content (AvgIpc) is 3.01. The molecule has 0 saturated carbocycles. The highest BCUT2D eigenvalue weighted by molar-refractivity contribution is 7.14. The maximum atomic E-state index is 12.4. The Morgan fingerprint density at radius 2 is 1.73 bits per heavy atom. The van der Waals surface area contributed by atoms with E-state index in [9.17, 15) is 14.4 Å². The van der Waals surface area contributed by atoms with E-state index in [0.29, 0.717) is 30.8 Å². The predicted octanol–water partition coefficient (Wildman–Crippen LogP) is 2.43. The molecule has 2 heterocycles. The molecule has 1 saturated heterocycles. The smallest absolute Gasteiger partial charge is 0.279 e. The first-order valence-electron chi connectivity index (χ1n) is 9.52. The minimum absolute atomic E-state index is 0.0467. The Bertz CT molecular complexity index is 652. The van der Waals surface area contributed by atoms with E-state index in [0.717, 1.165) is 12.8 Å². The van der Waals surface area contributed by atoms with E-state index >= 15 is 0 Å². The van der Waals surface area contributed by atoms with Gasteiger partial charge in [0.1, 0.15) is 0 Å². The fourth-order valence-electron chi connectivity index (χ4n) is 3.69. The van der Waals surface area contributed by atoms with Gasteiger partial charge in [-0.25, -0.2) is 0 Å². The van der Waals surface area contributed by atoms with Gasteiger partial charge in [0.15, 0.2) is 0 Å². The Morgan fingerprint density at radius 1 is 1.04 bits per heavy atom. The highest BCUT2D eigenvalue weighted by Crippen LogP contribution is 2.28. The van der Waals surface area contributed by atoms with Gasteiger partial charge in [-0.3, -0.25) is 25.2 Å². The molecule has 0 unspecified atom stereocenters. The summed E-state index contributed by atoms with van der Waals surface area (Å²) in [6.07, 6.45) is 8.25. The van der Waals surface area contributed by atoms with Gasteiger partial charge in [0, 0.05) is 30.8 Å². The largest absolute Gasteiger partial charge is 0.343 e. The number of piperidine rings is 1. The van der Waals surface area contributed by atoms with Gasteiger partial charge in [0.05, 0.1) is 4.88 Å². The molecule has 0 bridgehead atoms. The van der Waals surface area contributed by atoms with Crippen LogP contribution in [0.15, 0.2) is 6.07 Å². The number of carbonyl (C=O) groups is 3. The van der Waals surface area contributed by atoms with Gasteiger partial charge < -0.3 is 4.90 Å². The molecule has 142 valence electrons. The standard InChI is InChI=1S/C19H27N3O3S/c1-13(23)22-10-8-14(9-11-22)18(24)20-21-19(25)17-12-15-6-4-2-3-5-7-16(15)26-17/h12,14H,2-11H2,1H3,(H,20,24)(H,21,25). The van der Waals surface area contributed by atoms with Crippen LogP contribution in [-0.2, 0) is 22.4 Å². The van der Waals surface area contributed by atoms with Crippen LogP contribution in [0, 0.1) is 5.92 Å². The maximum absolute atomic E-state index is 12.4. The first kappa shape index (κ1) is 18.9. The highest BCUT2D eigenvalue weighted by atomic mass is 32.1. The summed E-state index contributed by atoms with van der Waals surface area (Å²) in [5.41, 5.74) is 6.42. The SMILES string of the molecule is CC(=O)N1CCC(C(=O)NNC(=O)c2cc3c(s2)CCCCCC3)CC1. The van der Waals surface area contributed by atoms with E-state index < -0.39 is 0 Å². The summed E-state index contributed by atoms with van der Waals surface area (Å²) < 4.78 is 0. The van der Waals surface area contributed by atoms with Crippen molar-refractivity contribution in [2.45, 2.75) is 58.3 Å². The van der Waals surface area contributed by atoms with Crippen LogP contribution >= 0.6 is 11.3 Å². The van der Waals surface area contributed by atoms with Crippen molar-refractivity contribution in [3.05, 3.63) is 21.4 Å². The quantitative estimate of drug-likeness (QED) is 0.777. The van der Waals surface area contributed by atoms with E-state index in [4.69, 9.17) is 0 Å². The molecular formula is C19H27N3O3S. The van der Waals surface area contributed by atoms with Gasteiger partial charge >= 0.3 is 0 Å². The normalized spacial score (nSPS) is 18.4. The van der Waals surface area contributed by atoms with Crippen LogP contribution in [0.25, 0.3) is 0 Å². The third-order valence-corrected chi connectivity index (χ3v) is 6.57. The number of fused-ring (bicyclic) bond motifs is 1. The Hall–Kier alpha value is -1.89. The molecule has 0 atom stereocenters. The summed E-state index contributed by atoms with van der Waals surface area (Å²) >= 11 is 1.55. The Balaban J connectivity index is 1.50. The number of hydrazine groups is 1. The number of rotatable bonds is 2. The zero-order chi connectivity index (χ0) is 18.5. The van der Waals surface area contributed by atoms with Crippen molar-refractivity contribution < 1.29 is 14.4 Å². The van der Waals surface area contributed by atoms with Crippen molar-refractivity contribution in [2.75, 3.05) is 13.1 Å². The van der Waals surface area contributed by atoms with Gasteiger partial charge in [-0.15, -0.1) is 11.3 Å². The number of carbonyl (C=O) groups excluding carboxylic acids is 3. The number of hydrogen-bond acceptors (Lipinski definition) is 4. The lowest BCUT2D eigenvalue weighted by Gasteiger charge is -2.30. The average molecular weight is 378 g/mol. The number of nitrogens with zero attached hydrogens (tertiary/aromatic N) is 1.